The predicted octanol–water partition coefficient (Wildman–Crippen LogP) is 1.77. The van der Waals surface area contributed by atoms with Gasteiger partial charge >= 0.3 is 5.76 Å². The molecule has 0 aromatic heterocycles. The number of rotatable bonds is 4. The highest BCUT2D eigenvalue weighted by Gasteiger charge is 2.26. The Morgan fingerprint density at radius 3 is 2.17 bits per heavy atom. The van der Waals surface area contributed by atoms with Crippen LogP contribution in [-0.2, 0) is 9.84 Å². The molecule has 1 rings (SSSR count). The fourth-order valence-corrected chi connectivity index (χ4v) is 1.98. The minimum atomic E-state index is -4.60. The molecule has 0 aliphatic rings. The Morgan fingerprint density at radius 2 is 1.78 bits per heavy atom. The summed E-state index contributed by atoms with van der Waals surface area (Å²) in [6.07, 6.45) is 0. The van der Waals surface area contributed by atoms with Crippen molar-refractivity contribution in [2.75, 3.05) is 13.6 Å². The van der Waals surface area contributed by atoms with Crippen LogP contribution in [0.4, 0.5) is 8.78 Å². The van der Waals surface area contributed by atoms with Gasteiger partial charge in [-0.05, 0) is 31.2 Å². The van der Waals surface area contributed by atoms with Gasteiger partial charge in [-0.3, -0.25) is 4.79 Å². The molecule has 0 N–H and O–H groups in total. The SMILES string of the molecule is CCN(C)C(=O)c1ccc(S(=O)(=O)C(F)F)cc1. The normalized spacial score (nSPS) is 11.6. The second-order valence-electron chi connectivity index (χ2n) is 3.65. The van der Waals surface area contributed by atoms with Crippen molar-refractivity contribution < 1.29 is 22.0 Å². The van der Waals surface area contributed by atoms with Crippen LogP contribution in [0.25, 0.3) is 0 Å². The molecule has 1 aromatic rings. The van der Waals surface area contributed by atoms with Crippen LogP contribution in [0.2, 0.25) is 0 Å². The number of hydrogen-bond donors (Lipinski definition) is 0. The third-order valence-corrected chi connectivity index (χ3v) is 3.88. The molecule has 1 aromatic carbocycles. The van der Waals surface area contributed by atoms with Crippen LogP contribution in [0.5, 0.6) is 0 Å². The van der Waals surface area contributed by atoms with Gasteiger partial charge in [-0.25, -0.2) is 8.42 Å². The number of carbonyl (C=O) groups is 1. The van der Waals surface area contributed by atoms with Crippen molar-refractivity contribution in [1.29, 1.82) is 0 Å². The van der Waals surface area contributed by atoms with E-state index in [0.29, 0.717) is 6.54 Å². The maximum Gasteiger partial charge on any atom is 0.341 e. The molecule has 4 nitrogen and oxygen atoms in total. The minimum Gasteiger partial charge on any atom is -0.342 e. The molecule has 0 heterocycles. The van der Waals surface area contributed by atoms with Gasteiger partial charge in [-0.15, -0.1) is 0 Å². The molecule has 0 saturated carbocycles. The van der Waals surface area contributed by atoms with Crippen molar-refractivity contribution in [3.05, 3.63) is 29.8 Å². The van der Waals surface area contributed by atoms with Crippen molar-refractivity contribution in [3.63, 3.8) is 0 Å². The lowest BCUT2D eigenvalue weighted by Crippen LogP contribution is -2.26. The highest BCUT2D eigenvalue weighted by Crippen LogP contribution is 2.18. The number of hydrogen-bond acceptors (Lipinski definition) is 3. The lowest BCUT2D eigenvalue weighted by Gasteiger charge is -2.14. The van der Waals surface area contributed by atoms with Crippen LogP contribution >= 0.6 is 0 Å². The van der Waals surface area contributed by atoms with Crippen LogP contribution in [0.3, 0.4) is 0 Å². The van der Waals surface area contributed by atoms with Gasteiger partial charge in [-0.2, -0.15) is 8.78 Å². The van der Waals surface area contributed by atoms with Crippen LogP contribution in [-0.4, -0.2) is 38.6 Å². The molecule has 0 unspecified atom stereocenters. The van der Waals surface area contributed by atoms with Crippen molar-refractivity contribution in [2.45, 2.75) is 17.6 Å². The summed E-state index contributed by atoms with van der Waals surface area (Å²) in [6, 6.07) is 4.48. The van der Waals surface area contributed by atoms with Gasteiger partial charge in [-0.1, -0.05) is 0 Å². The van der Waals surface area contributed by atoms with E-state index < -0.39 is 20.5 Å². The first-order valence-corrected chi connectivity index (χ1v) is 6.73. The van der Waals surface area contributed by atoms with Crippen LogP contribution in [0, 0.1) is 0 Å². The summed E-state index contributed by atoms with van der Waals surface area (Å²) in [5.74, 6) is -3.75. The largest absolute Gasteiger partial charge is 0.342 e. The van der Waals surface area contributed by atoms with E-state index in [-0.39, 0.29) is 11.5 Å². The smallest absolute Gasteiger partial charge is 0.341 e. The Hall–Kier alpha value is -1.50. The minimum absolute atomic E-state index is 0.257. The standard InChI is InChI=1S/C11H13F2NO3S/c1-3-14(2)10(15)8-4-6-9(7-5-8)18(16,17)11(12)13/h4-7,11H,3H2,1-2H3. The molecule has 0 fully saturated rings. The lowest BCUT2D eigenvalue weighted by molar-refractivity contribution is 0.0802. The van der Waals surface area contributed by atoms with E-state index in [1.165, 1.54) is 17.0 Å². The summed E-state index contributed by atoms with van der Waals surface area (Å²) in [5, 5.41) is 0. The Balaban J connectivity index is 3.05. The number of carbonyl (C=O) groups excluding carboxylic acids is 1. The third-order valence-electron chi connectivity index (χ3n) is 2.49. The topological polar surface area (TPSA) is 54.5 Å². The number of alkyl halides is 2. The highest BCUT2D eigenvalue weighted by molar-refractivity contribution is 7.91. The van der Waals surface area contributed by atoms with Crippen molar-refractivity contribution >= 4 is 15.7 Å². The molecule has 100 valence electrons. The summed E-state index contributed by atoms with van der Waals surface area (Å²) in [5.41, 5.74) is 0.257. The van der Waals surface area contributed by atoms with Gasteiger partial charge in [0.05, 0.1) is 4.90 Å². The van der Waals surface area contributed by atoms with Gasteiger partial charge in [0.25, 0.3) is 5.91 Å². The lowest BCUT2D eigenvalue weighted by atomic mass is 10.2. The van der Waals surface area contributed by atoms with E-state index in [0.717, 1.165) is 12.1 Å². The fourth-order valence-electron chi connectivity index (χ4n) is 1.25. The first-order chi connectivity index (χ1) is 8.30. The Bertz CT molecular complexity index is 526. The first-order valence-electron chi connectivity index (χ1n) is 5.18. The van der Waals surface area contributed by atoms with Gasteiger partial charge in [0.15, 0.2) is 0 Å². The number of nitrogens with zero attached hydrogens (tertiary/aromatic N) is 1. The van der Waals surface area contributed by atoms with E-state index in [1.54, 1.807) is 14.0 Å². The van der Waals surface area contributed by atoms with Crippen LogP contribution in [0.1, 0.15) is 17.3 Å². The quantitative estimate of drug-likeness (QED) is 0.843. The molecule has 0 radical (unpaired) electrons. The molecule has 0 bridgehead atoms. The summed E-state index contributed by atoms with van der Waals surface area (Å²) >= 11 is 0. The summed E-state index contributed by atoms with van der Waals surface area (Å²) in [6.45, 7) is 2.28. The van der Waals surface area contributed by atoms with Crippen LogP contribution < -0.4 is 0 Å². The average molecular weight is 277 g/mol. The monoisotopic (exact) mass is 277 g/mol. The Kier molecular flexibility index (Phi) is 4.39. The second kappa shape index (κ2) is 5.43. The maximum absolute atomic E-state index is 12.3. The number of sulfone groups is 1. The van der Waals surface area contributed by atoms with Gasteiger partial charge in [0.2, 0.25) is 9.84 Å². The van der Waals surface area contributed by atoms with Crippen molar-refractivity contribution in [3.8, 4) is 0 Å². The highest BCUT2D eigenvalue weighted by atomic mass is 32.2. The molecular weight excluding hydrogens is 264 g/mol. The molecule has 0 atom stereocenters. The zero-order valence-electron chi connectivity index (χ0n) is 9.93. The number of amides is 1. The van der Waals surface area contributed by atoms with Crippen LogP contribution in [0.15, 0.2) is 29.2 Å². The summed E-state index contributed by atoms with van der Waals surface area (Å²) in [7, 11) is -3.01. The van der Waals surface area contributed by atoms with E-state index in [4.69, 9.17) is 0 Å². The fraction of sp³-hybridized carbons (Fsp3) is 0.364. The Labute approximate surface area is 104 Å². The second-order valence-corrected chi connectivity index (χ2v) is 5.57. The average Bonchev–Trinajstić information content (AvgIpc) is 2.36. The van der Waals surface area contributed by atoms with Crippen molar-refractivity contribution in [1.82, 2.24) is 4.90 Å². The first kappa shape index (κ1) is 14.6. The van der Waals surface area contributed by atoms with E-state index in [2.05, 4.69) is 0 Å². The molecule has 0 aliphatic carbocycles. The van der Waals surface area contributed by atoms with Gasteiger partial charge < -0.3 is 4.90 Å². The summed E-state index contributed by atoms with van der Waals surface area (Å²) < 4.78 is 46.9. The maximum atomic E-state index is 12.3. The number of benzene rings is 1. The molecule has 18 heavy (non-hydrogen) atoms. The van der Waals surface area contributed by atoms with E-state index in [1.807, 2.05) is 0 Å². The predicted molar refractivity (Wildman–Crippen MR) is 62.3 cm³/mol. The van der Waals surface area contributed by atoms with Gasteiger partial charge in [0, 0.05) is 19.2 Å². The van der Waals surface area contributed by atoms with E-state index in [9.17, 15) is 22.0 Å². The zero-order valence-corrected chi connectivity index (χ0v) is 10.7. The molecule has 1 amide bonds. The zero-order chi connectivity index (χ0) is 13.9. The third kappa shape index (κ3) is 2.84. The molecule has 0 spiro atoms. The molecular formula is C11H13F2NO3S. The van der Waals surface area contributed by atoms with Gasteiger partial charge in [0.1, 0.15) is 0 Å². The number of halogens is 2. The summed E-state index contributed by atoms with van der Waals surface area (Å²) in [4.78, 5) is 12.6. The molecule has 0 saturated heterocycles. The van der Waals surface area contributed by atoms with Crippen molar-refractivity contribution in [2.24, 2.45) is 0 Å². The molecule has 0 aliphatic heterocycles. The Morgan fingerprint density at radius 1 is 1.28 bits per heavy atom. The molecule has 7 heteroatoms. The van der Waals surface area contributed by atoms with E-state index >= 15 is 0 Å².